The van der Waals surface area contributed by atoms with Gasteiger partial charge in [0.25, 0.3) is 5.69 Å². The summed E-state index contributed by atoms with van der Waals surface area (Å²) in [5.41, 5.74) is 7.93. The van der Waals surface area contributed by atoms with E-state index in [4.69, 9.17) is 0 Å². The monoisotopic (exact) mass is 384 g/mol. The van der Waals surface area contributed by atoms with Gasteiger partial charge in [-0.1, -0.05) is 48.5 Å². The highest BCUT2D eigenvalue weighted by Gasteiger charge is 2.28. The molecule has 1 N–H and O–H groups in total. The van der Waals surface area contributed by atoms with Crippen LogP contribution in [0.1, 0.15) is 24.0 Å². The summed E-state index contributed by atoms with van der Waals surface area (Å²) in [5.74, 6) is 0. The first-order valence-corrected chi connectivity index (χ1v) is 9.78. The fraction of sp³-hybridized carbons (Fsp3) is 0.174. The zero-order chi connectivity index (χ0) is 19.8. The van der Waals surface area contributed by atoms with Crippen molar-refractivity contribution >= 4 is 39.6 Å². The molecule has 6 heteroatoms. The number of benzene rings is 3. The summed E-state index contributed by atoms with van der Waals surface area (Å²) >= 11 is 0. The zero-order valence-electron chi connectivity index (χ0n) is 15.8. The fourth-order valence-corrected chi connectivity index (χ4v) is 4.34. The quantitative estimate of drug-likeness (QED) is 0.376. The average Bonchev–Trinajstić information content (AvgIpc) is 3.37. The number of rotatable bonds is 5. The Morgan fingerprint density at radius 1 is 0.966 bits per heavy atom. The molecule has 0 spiro atoms. The molecule has 2 aliphatic rings. The second-order valence-corrected chi connectivity index (χ2v) is 7.31. The molecule has 3 aromatic carbocycles. The molecule has 1 fully saturated rings. The van der Waals surface area contributed by atoms with Crippen LogP contribution in [0.4, 0.5) is 11.4 Å². The summed E-state index contributed by atoms with van der Waals surface area (Å²) < 4.78 is 0. The second-order valence-electron chi connectivity index (χ2n) is 7.31. The largest absolute Gasteiger partial charge is 0.370 e. The Balaban J connectivity index is 1.57. The van der Waals surface area contributed by atoms with Gasteiger partial charge in [0.1, 0.15) is 5.69 Å². The molecule has 1 aliphatic heterocycles. The molecule has 0 bridgehead atoms. The van der Waals surface area contributed by atoms with E-state index in [1.54, 1.807) is 24.4 Å². The standard InChI is InChI=1S/C23H20N4O2/c28-27(29)21-12-2-1-11-20(21)25-24-15-19-17-9-5-7-16-8-6-10-18(22(16)17)23(19)26-13-3-4-14-26/h1-2,5-12,15,25H,3-4,13-14H2/b24-15+. The second kappa shape index (κ2) is 7.05. The van der Waals surface area contributed by atoms with Gasteiger partial charge in [-0.3, -0.25) is 15.5 Å². The number of para-hydroxylation sites is 2. The Bertz CT molecular complexity index is 1170. The maximum atomic E-state index is 11.2. The van der Waals surface area contributed by atoms with Gasteiger partial charge in [0.05, 0.1) is 16.8 Å². The summed E-state index contributed by atoms with van der Waals surface area (Å²) in [6.07, 6.45) is 4.18. The van der Waals surface area contributed by atoms with Gasteiger partial charge in [0.15, 0.2) is 0 Å². The first-order chi connectivity index (χ1) is 14.2. The van der Waals surface area contributed by atoms with Crippen molar-refractivity contribution in [1.82, 2.24) is 4.90 Å². The molecule has 29 heavy (non-hydrogen) atoms. The highest BCUT2D eigenvalue weighted by molar-refractivity contribution is 6.28. The van der Waals surface area contributed by atoms with Crippen LogP contribution in [0.5, 0.6) is 0 Å². The van der Waals surface area contributed by atoms with Gasteiger partial charge in [-0.2, -0.15) is 5.10 Å². The number of likely N-dealkylation sites (tertiary alicyclic amines) is 1. The minimum atomic E-state index is -0.404. The molecule has 6 nitrogen and oxygen atoms in total. The van der Waals surface area contributed by atoms with Crippen LogP contribution < -0.4 is 5.43 Å². The van der Waals surface area contributed by atoms with Crippen molar-refractivity contribution in [3.63, 3.8) is 0 Å². The average molecular weight is 384 g/mol. The predicted molar refractivity (Wildman–Crippen MR) is 117 cm³/mol. The third kappa shape index (κ3) is 2.93. The van der Waals surface area contributed by atoms with E-state index in [2.05, 4.69) is 51.8 Å². The molecule has 0 amide bonds. The number of nitro groups is 1. The number of hydrogen-bond donors (Lipinski definition) is 1. The van der Waals surface area contributed by atoms with E-state index in [1.165, 1.54) is 40.9 Å². The number of hydrazone groups is 1. The molecular weight excluding hydrogens is 364 g/mol. The molecule has 0 radical (unpaired) electrons. The van der Waals surface area contributed by atoms with Crippen molar-refractivity contribution in [3.8, 4) is 0 Å². The van der Waals surface area contributed by atoms with Gasteiger partial charge in [-0.05, 0) is 35.2 Å². The normalized spacial score (nSPS) is 15.7. The SMILES string of the molecule is O=[N+]([O-])c1ccccc1N/N=C/C1=C(N2CCCC2)c2cccc3cccc1c23. The minimum absolute atomic E-state index is 0.00945. The van der Waals surface area contributed by atoms with E-state index in [1.807, 2.05) is 0 Å². The number of allylic oxidation sites excluding steroid dienone is 1. The van der Waals surface area contributed by atoms with Gasteiger partial charge in [-0.25, -0.2) is 0 Å². The lowest BCUT2D eigenvalue weighted by molar-refractivity contribution is -0.384. The van der Waals surface area contributed by atoms with Crippen LogP contribution in [0.15, 0.2) is 65.8 Å². The Hall–Kier alpha value is -3.67. The third-order valence-electron chi connectivity index (χ3n) is 5.61. The van der Waals surface area contributed by atoms with Crippen molar-refractivity contribution in [3.05, 3.63) is 81.9 Å². The highest BCUT2D eigenvalue weighted by atomic mass is 16.6. The van der Waals surface area contributed by atoms with Crippen molar-refractivity contribution < 1.29 is 4.92 Å². The molecule has 0 atom stereocenters. The molecule has 0 unspecified atom stereocenters. The van der Waals surface area contributed by atoms with Crippen LogP contribution in [0, 0.1) is 10.1 Å². The Morgan fingerprint density at radius 3 is 2.45 bits per heavy atom. The number of anilines is 1. The topological polar surface area (TPSA) is 70.8 Å². The van der Waals surface area contributed by atoms with Crippen LogP contribution in [-0.2, 0) is 0 Å². The van der Waals surface area contributed by atoms with E-state index in [-0.39, 0.29) is 5.69 Å². The Labute approximate surface area is 168 Å². The number of nitrogens with one attached hydrogen (secondary N) is 1. The van der Waals surface area contributed by atoms with Crippen LogP contribution in [0.3, 0.4) is 0 Å². The zero-order valence-corrected chi connectivity index (χ0v) is 15.8. The lowest BCUT2D eigenvalue weighted by Crippen LogP contribution is -2.17. The van der Waals surface area contributed by atoms with E-state index < -0.39 is 4.92 Å². The lowest BCUT2D eigenvalue weighted by atomic mass is 10.0. The van der Waals surface area contributed by atoms with Crippen LogP contribution in [-0.4, -0.2) is 29.1 Å². The van der Waals surface area contributed by atoms with Crippen LogP contribution in [0.2, 0.25) is 0 Å². The Kier molecular flexibility index (Phi) is 4.24. The van der Waals surface area contributed by atoms with Crippen LogP contribution >= 0.6 is 0 Å². The van der Waals surface area contributed by atoms with Crippen molar-refractivity contribution in [2.75, 3.05) is 18.5 Å². The lowest BCUT2D eigenvalue weighted by Gasteiger charge is -2.21. The first kappa shape index (κ1) is 17.4. The number of hydrogen-bond acceptors (Lipinski definition) is 5. The maximum absolute atomic E-state index is 11.2. The van der Waals surface area contributed by atoms with Crippen molar-refractivity contribution in [1.29, 1.82) is 0 Å². The van der Waals surface area contributed by atoms with Crippen LogP contribution in [0.25, 0.3) is 22.0 Å². The molecular formula is C23H20N4O2. The summed E-state index contributed by atoms with van der Waals surface area (Å²) in [6, 6.07) is 19.3. The first-order valence-electron chi connectivity index (χ1n) is 9.78. The molecule has 0 saturated carbocycles. The molecule has 1 heterocycles. The highest BCUT2D eigenvalue weighted by Crippen LogP contribution is 2.43. The molecule has 5 rings (SSSR count). The summed E-state index contributed by atoms with van der Waals surface area (Å²) in [7, 11) is 0. The van der Waals surface area contributed by atoms with Gasteiger partial charge in [-0.15, -0.1) is 0 Å². The van der Waals surface area contributed by atoms with E-state index in [0.29, 0.717) is 5.69 Å². The fourth-order valence-electron chi connectivity index (χ4n) is 4.34. The number of nitrogens with zero attached hydrogens (tertiary/aromatic N) is 3. The summed E-state index contributed by atoms with van der Waals surface area (Å²) in [6.45, 7) is 2.07. The van der Waals surface area contributed by atoms with Gasteiger partial charge in [0, 0.05) is 30.3 Å². The van der Waals surface area contributed by atoms with Crippen molar-refractivity contribution in [2.24, 2.45) is 5.10 Å². The Morgan fingerprint density at radius 2 is 1.69 bits per heavy atom. The minimum Gasteiger partial charge on any atom is -0.370 e. The smallest absolute Gasteiger partial charge is 0.294 e. The van der Waals surface area contributed by atoms with Crippen molar-refractivity contribution in [2.45, 2.75) is 12.8 Å². The van der Waals surface area contributed by atoms with Gasteiger partial charge < -0.3 is 4.90 Å². The molecule has 0 aromatic heterocycles. The van der Waals surface area contributed by atoms with Gasteiger partial charge in [0.2, 0.25) is 0 Å². The summed E-state index contributed by atoms with van der Waals surface area (Å²) in [4.78, 5) is 13.3. The number of nitro benzene ring substituents is 1. The van der Waals surface area contributed by atoms with E-state index >= 15 is 0 Å². The molecule has 144 valence electrons. The summed E-state index contributed by atoms with van der Waals surface area (Å²) in [5, 5.41) is 18.1. The van der Waals surface area contributed by atoms with E-state index in [9.17, 15) is 10.1 Å². The third-order valence-corrected chi connectivity index (χ3v) is 5.61. The molecule has 1 aliphatic carbocycles. The molecule has 3 aromatic rings. The van der Waals surface area contributed by atoms with E-state index in [0.717, 1.165) is 24.2 Å². The predicted octanol–water partition coefficient (Wildman–Crippen LogP) is 5.12. The van der Waals surface area contributed by atoms with Gasteiger partial charge >= 0.3 is 0 Å². The maximum Gasteiger partial charge on any atom is 0.294 e. The molecule has 1 saturated heterocycles.